The Hall–Kier alpha value is -2.04. The van der Waals surface area contributed by atoms with Crippen LogP contribution in [-0.2, 0) is 9.53 Å². The number of aliphatic hydroxyl groups is 2. The van der Waals surface area contributed by atoms with Gasteiger partial charge < -0.3 is 14.9 Å². The van der Waals surface area contributed by atoms with Crippen LogP contribution in [0.4, 0.5) is 0 Å². The van der Waals surface area contributed by atoms with E-state index in [0.717, 1.165) is 5.56 Å². The van der Waals surface area contributed by atoms with Crippen LogP contribution in [0.3, 0.4) is 0 Å². The first-order chi connectivity index (χ1) is 10.1. The number of alkyl halides is 1. The van der Waals surface area contributed by atoms with Gasteiger partial charge in [0, 0.05) is 5.57 Å². The van der Waals surface area contributed by atoms with E-state index in [1.807, 2.05) is 18.2 Å². The normalized spacial score (nSPS) is 17.3. The van der Waals surface area contributed by atoms with Gasteiger partial charge in [-0.3, -0.25) is 0 Å². The van der Waals surface area contributed by atoms with E-state index in [0.29, 0.717) is 5.57 Å². The van der Waals surface area contributed by atoms with Crippen LogP contribution in [0.2, 0.25) is 0 Å². The number of aliphatic hydroxyl groups excluding tert-OH is 2. The molecule has 0 aliphatic heterocycles. The van der Waals surface area contributed by atoms with Crippen LogP contribution in [0.5, 0.6) is 0 Å². The molecule has 0 bridgehead atoms. The first kappa shape index (κ1) is 15.4. The summed E-state index contributed by atoms with van der Waals surface area (Å²) in [5.74, 6) is -0.712. The van der Waals surface area contributed by atoms with Crippen LogP contribution in [0, 0.1) is 0 Å². The van der Waals surface area contributed by atoms with Gasteiger partial charge in [0.1, 0.15) is 17.7 Å². The van der Waals surface area contributed by atoms with Crippen molar-refractivity contribution in [3.05, 3.63) is 71.0 Å². The summed E-state index contributed by atoms with van der Waals surface area (Å²) in [6.07, 6.45) is 4.78. The standard InChI is InChI=1S/C16H15ClO4/c17-14(11-5-2-1-3-6-11)15(19)12-7-4-8-13(12)16(20)21-10-9-18/h1-8,14,18-19H,9-10H2/b15-12-. The average molecular weight is 307 g/mol. The number of carbonyl (C=O) groups excluding carboxylic acids is 1. The van der Waals surface area contributed by atoms with Gasteiger partial charge in [0.2, 0.25) is 0 Å². The van der Waals surface area contributed by atoms with Gasteiger partial charge in [-0.25, -0.2) is 4.79 Å². The zero-order valence-electron chi connectivity index (χ0n) is 11.2. The lowest BCUT2D eigenvalue weighted by Crippen LogP contribution is -2.12. The smallest absolute Gasteiger partial charge is 0.338 e. The van der Waals surface area contributed by atoms with Gasteiger partial charge in [0.25, 0.3) is 0 Å². The lowest BCUT2D eigenvalue weighted by molar-refractivity contribution is -0.139. The van der Waals surface area contributed by atoms with Crippen LogP contribution < -0.4 is 0 Å². The van der Waals surface area contributed by atoms with Crippen molar-refractivity contribution < 1.29 is 19.7 Å². The van der Waals surface area contributed by atoms with Crippen molar-refractivity contribution in [1.82, 2.24) is 0 Å². The number of halogens is 1. The monoisotopic (exact) mass is 306 g/mol. The molecule has 1 unspecified atom stereocenters. The maximum absolute atomic E-state index is 11.8. The van der Waals surface area contributed by atoms with Crippen molar-refractivity contribution in [1.29, 1.82) is 0 Å². The topological polar surface area (TPSA) is 66.8 Å². The highest BCUT2D eigenvalue weighted by atomic mass is 35.5. The molecule has 0 fully saturated rings. The molecule has 1 aliphatic rings. The van der Waals surface area contributed by atoms with Gasteiger partial charge >= 0.3 is 5.97 Å². The van der Waals surface area contributed by atoms with E-state index in [1.54, 1.807) is 30.4 Å². The number of esters is 1. The molecular formula is C16H15ClO4. The molecule has 5 heteroatoms. The molecule has 1 aliphatic carbocycles. The van der Waals surface area contributed by atoms with Crippen LogP contribution >= 0.6 is 11.6 Å². The molecule has 1 aromatic carbocycles. The second-order valence-electron chi connectivity index (χ2n) is 4.37. The molecule has 0 saturated carbocycles. The molecule has 1 aromatic rings. The van der Waals surface area contributed by atoms with Crippen LogP contribution in [0.25, 0.3) is 0 Å². The van der Waals surface area contributed by atoms with E-state index in [2.05, 4.69) is 0 Å². The summed E-state index contributed by atoms with van der Waals surface area (Å²) < 4.78 is 4.86. The second-order valence-corrected chi connectivity index (χ2v) is 4.81. The van der Waals surface area contributed by atoms with E-state index < -0.39 is 11.3 Å². The molecule has 21 heavy (non-hydrogen) atoms. The van der Waals surface area contributed by atoms with Crippen LogP contribution in [-0.4, -0.2) is 29.4 Å². The van der Waals surface area contributed by atoms with E-state index >= 15 is 0 Å². The van der Waals surface area contributed by atoms with E-state index in [-0.39, 0.29) is 24.5 Å². The van der Waals surface area contributed by atoms with Crippen molar-refractivity contribution >= 4 is 17.6 Å². The highest BCUT2D eigenvalue weighted by Gasteiger charge is 2.24. The van der Waals surface area contributed by atoms with Gasteiger partial charge in [-0.05, 0) is 11.6 Å². The molecule has 4 nitrogen and oxygen atoms in total. The van der Waals surface area contributed by atoms with E-state index in [4.69, 9.17) is 21.4 Å². The van der Waals surface area contributed by atoms with Crippen molar-refractivity contribution in [2.75, 3.05) is 13.2 Å². The average Bonchev–Trinajstić information content (AvgIpc) is 3.01. The quantitative estimate of drug-likeness (QED) is 0.499. The molecule has 0 saturated heterocycles. The second kappa shape index (κ2) is 7.11. The Kier molecular flexibility index (Phi) is 5.20. The summed E-state index contributed by atoms with van der Waals surface area (Å²) in [6.45, 7) is -0.340. The number of allylic oxidation sites excluding steroid dienone is 4. The number of ether oxygens (including phenoxy) is 1. The fourth-order valence-electron chi connectivity index (χ4n) is 1.95. The van der Waals surface area contributed by atoms with Gasteiger partial charge in [0.15, 0.2) is 0 Å². The van der Waals surface area contributed by atoms with Gasteiger partial charge in [0.05, 0.1) is 12.2 Å². The fourth-order valence-corrected chi connectivity index (χ4v) is 2.22. The molecular weight excluding hydrogens is 292 g/mol. The molecule has 0 radical (unpaired) electrons. The molecule has 1 atom stereocenters. The maximum Gasteiger partial charge on any atom is 0.338 e. The lowest BCUT2D eigenvalue weighted by atomic mass is 10.0. The Morgan fingerprint density at radius 3 is 2.67 bits per heavy atom. The number of carbonyl (C=O) groups is 1. The largest absolute Gasteiger partial charge is 0.510 e. The third kappa shape index (κ3) is 3.54. The predicted octanol–water partition coefficient (Wildman–Crippen LogP) is 2.81. The molecule has 0 amide bonds. The summed E-state index contributed by atoms with van der Waals surface area (Å²) in [7, 11) is 0. The van der Waals surface area contributed by atoms with E-state index in [9.17, 15) is 9.90 Å². The minimum atomic E-state index is -0.752. The zero-order valence-corrected chi connectivity index (χ0v) is 12.0. The third-order valence-corrected chi connectivity index (χ3v) is 3.43. The number of rotatable bonds is 5. The minimum Gasteiger partial charge on any atom is -0.510 e. The SMILES string of the molecule is O=C(OCCO)C1=CC=C/C1=C(/O)C(Cl)c1ccccc1. The Morgan fingerprint density at radius 1 is 1.29 bits per heavy atom. The molecule has 110 valence electrons. The van der Waals surface area contributed by atoms with Gasteiger partial charge in [-0.2, -0.15) is 0 Å². The summed E-state index contributed by atoms with van der Waals surface area (Å²) in [5.41, 5.74) is 1.29. The fraction of sp³-hybridized carbons (Fsp3) is 0.188. The van der Waals surface area contributed by atoms with Crippen molar-refractivity contribution in [2.45, 2.75) is 5.38 Å². The van der Waals surface area contributed by atoms with Crippen molar-refractivity contribution in [3.63, 3.8) is 0 Å². The Balaban J connectivity index is 2.23. The number of hydrogen-bond acceptors (Lipinski definition) is 4. The van der Waals surface area contributed by atoms with Crippen molar-refractivity contribution in [3.8, 4) is 0 Å². The highest BCUT2D eigenvalue weighted by Crippen LogP contribution is 2.33. The maximum atomic E-state index is 11.8. The molecule has 0 spiro atoms. The van der Waals surface area contributed by atoms with Crippen LogP contribution in [0.1, 0.15) is 10.9 Å². The first-order valence-electron chi connectivity index (χ1n) is 6.44. The summed E-state index contributed by atoms with van der Waals surface area (Å²) >= 11 is 6.25. The molecule has 2 N–H and O–H groups in total. The Labute approximate surface area is 127 Å². The Bertz CT molecular complexity index is 602. The molecule has 2 rings (SSSR count). The third-order valence-electron chi connectivity index (χ3n) is 2.97. The van der Waals surface area contributed by atoms with Crippen molar-refractivity contribution in [2.24, 2.45) is 0 Å². The lowest BCUT2D eigenvalue weighted by Gasteiger charge is -2.13. The molecule has 0 aromatic heterocycles. The van der Waals surface area contributed by atoms with Gasteiger partial charge in [-0.1, -0.05) is 42.5 Å². The summed E-state index contributed by atoms with van der Waals surface area (Å²) in [5, 5.41) is 18.2. The van der Waals surface area contributed by atoms with Gasteiger partial charge in [-0.15, -0.1) is 11.6 Å². The van der Waals surface area contributed by atoms with E-state index in [1.165, 1.54) is 0 Å². The zero-order chi connectivity index (χ0) is 15.2. The Morgan fingerprint density at radius 2 is 2.00 bits per heavy atom. The predicted molar refractivity (Wildman–Crippen MR) is 80.0 cm³/mol. The minimum absolute atomic E-state index is 0.0901. The number of hydrogen-bond donors (Lipinski definition) is 2. The number of benzene rings is 1. The van der Waals surface area contributed by atoms with Crippen LogP contribution in [0.15, 0.2) is 65.5 Å². The highest BCUT2D eigenvalue weighted by molar-refractivity contribution is 6.22. The first-order valence-corrected chi connectivity index (χ1v) is 6.87. The summed E-state index contributed by atoms with van der Waals surface area (Å²) in [6, 6.07) is 9.07. The summed E-state index contributed by atoms with van der Waals surface area (Å²) in [4.78, 5) is 11.8. The molecule has 0 heterocycles.